The molecule has 42 heavy (non-hydrogen) atoms. The van der Waals surface area contributed by atoms with E-state index in [0.29, 0.717) is 50.7 Å². The van der Waals surface area contributed by atoms with Crippen LogP contribution in [0.2, 0.25) is 0 Å². The third-order valence-electron chi connectivity index (χ3n) is 6.59. The van der Waals surface area contributed by atoms with Gasteiger partial charge in [-0.25, -0.2) is 4.98 Å². The summed E-state index contributed by atoms with van der Waals surface area (Å²) in [5, 5.41) is 19.4. The van der Waals surface area contributed by atoms with Gasteiger partial charge in [0.2, 0.25) is 5.95 Å². The molecule has 1 aliphatic rings. The second-order valence-electron chi connectivity index (χ2n) is 9.52. The number of aliphatic hydroxyl groups excluding tert-OH is 1. The first kappa shape index (κ1) is 29.4. The van der Waals surface area contributed by atoms with Gasteiger partial charge >= 0.3 is 6.18 Å². The molecule has 0 radical (unpaired) electrons. The maximum Gasteiger partial charge on any atom is 0.421 e. The van der Waals surface area contributed by atoms with Gasteiger partial charge in [-0.1, -0.05) is 18.2 Å². The van der Waals surface area contributed by atoms with E-state index in [1.807, 2.05) is 19.1 Å². The summed E-state index contributed by atoms with van der Waals surface area (Å²) in [5.41, 5.74) is 2.93. The molecule has 3 N–H and O–H groups in total. The average molecular weight is 600 g/mol. The van der Waals surface area contributed by atoms with E-state index < -0.39 is 17.6 Å². The standard InChI is InChI=1S/C28H29F3N7O3P/c1-3-41-42-16-17-4-6-18(7-5-17)33-27-32-14-21(28(29,30)31)25(35-27)34-23-9-8-19(20-15-37(2)26(40)24(20)23)22-10-11-38(36-22)12-13-39/h4-11,14,39,42H,3,12-13,15-16H2,1-2H3,(H2,32,33,34,35). The van der Waals surface area contributed by atoms with Gasteiger partial charge < -0.3 is 25.2 Å². The number of carbonyl (C=O) groups excluding carboxylic acids is 1. The topological polar surface area (TPSA) is 117 Å². The Balaban J connectivity index is 1.46. The second kappa shape index (κ2) is 12.4. The number of hydrogen-bond donors (Lipinski definition) is 3. The summed E-state index contributed by atoms with van der Waals surface area (Å²) in [6.45, 7) is 3.07. The molecule has 1 atom stereocenters. The Morgan fingerprint density at radius 1 is 1.12 bits per heavy atom. The van der Waals surface area contributed by atoms with E-state index in [-0.39, 0.29) is 36.3 Å². The highest BCUT2D eigenvalue weighted by molar-refractivity contribution is 7.31. The van der Waals surface area contributed by atoms with Crippen LogP contribution in [0.3, 0.4) is 0 Å². The highest BCUT2D eigenvalue weighted by Crippen LogP contribution is 2.40. The molecule has 14 heteroatoms. The number of aromatic nitrogens is 4. The molecule has 0 aliphatic carbocycles. The largest absolute Gasteiger partial charge is 0.421 e. The highest BCUT2D eigenvalue weighted by Gasteiger charge is 2.37. The van der Waals surface area contributed by atoms with E-state index in [1.165, 1.54) is 4.90 Å². The van der Waals surface area contributed by atoms with Crippen molar-refractivity contribution < 1.29 is 27.6 Å². The Hall–Kier alpha value is -4.06. The maximum atomic E-state index is 14.0. The molecule has 0 saturated heterocycles. The molecule has 1 aliphatic heterocycles. The van der Waals surface area contributed by atoms with Crippen molar-refractivity contribution in [2.75, 3.05) is 30.9 Å². The van der Waals surface area contributed by atoms with Crippen LogP contribution in [0.4, 0.5) is 36.3 Å². The van der Waals surface area contributed by atoms with E-state index >= 15 is 0 Å². The molecule has 5 rings (SSSR count). The van der Waals surface area contributed by atoms with Gasteiger partial charge in [-0.2, -0.15) is 23.3 Å². The molecule has 0 bridgehead atoms. The lowest BCUT2D eigenvalue weighted by Gasteiger charge is -2.17. The van der Waals surface area contributed by atoms with Crippen LogP contribution in [0.5, 0.6) is 0 Å². The number of amides is 1. The Labute approximate surface area is 241 Å². The third kappa shape index (κ3) is 6.38. The van der Waals surface area contributed by atoms with Gasteiger partial charge in [0.1, 0.15) is 11.4 Å². The number of rotatable bonds is 11. The van der Waals surface area contributed by atoms with E-state index in [1.54, 1.807) is 48.3 Å². The lowest BCUT2D eigenvalue weighted by molar-refractivity contribution is -0.137. The zero-order chi connectivity index (χ0) is 29.9. The van der Waals surface area contributed by atoms with Crippen molar-refractivity contribution in [1.82, 2.24) is 24.6 Å². The van der Waals surface area contributed by atoms with Crippen LogP contribution < -0.4 is 10.6 Å². The number of fused-ring (bicyclic) bond motifs is 1. The van der Waals surface area contributed by atoms with Crippen molar-refractivity contribution >= 4 is 37.9 Å². The van der Waals surface area contributed by atoms with Gasteiger partial charge in [0.15, 0.2) is 0 Å². The van der Waals surface area contributed by atoms with Crippen molar-refractivity contribution in [2.24, 2.45) is 0 Å². The lowest BCUT2D eigenvalue weighted by atomic mass is 9.99. The fraction of sp³-hybridized carbons (Fsp3) is 0.286. The van der Waals surface area contributed by atoms with Crippen LogP contribution in [0.25, 0.3) is 11.3 Å². The van der Waals surface area contributed by atoms with Crippen molar-refractivity contribution in [3.63, 3.8) is 0 Å². The summed E-state index contributed by atoms with van der Waals surface area (Å²) in [6.07, 6.45) is -1.55. The number of nitrogens with one attached hydrogen (secondary N) is 2. The van der Waals surface area contributed by atoms with Gasteiger partial charge in [-0.3, -0.25) is 9.48 Å². The molecule has 0 saturated carbocycles. The van der Waals surface area contributed by atoms with Crippen LogP contribution in [0, 0.1) is 0 Å². The Morgan fingerprint density at radius 2 is 1.90 bits per heavy atom. The van der Waals surface area contributed by atoms with E-state index in [9.17, 15) is 23.1 Å². The number of nitrogens with zero attached hydrogens (tertiary/aromatic N) is 5. The summed E-state index contributed by atoms with van der Waals surface area (Å²) in [4.78, 5) is 22.7. The Morgan fingerprint density at radius 3 is 2.62 bits per heavy atom. The molecule has 3 heterocycles. The first-order valence-corrected chi connectivity index (χ1v) is 14.3. The smallest absolute Gasteiger partial charge is 0.394 e. The predicted molar refractivity (Wildman–Crippen MR) is 154 cm³/mol. The monoisotopic (exact) mass is 599 g/mol. The first-order valence-electron chi connectivity index (χ1n) is 13.2. The summed E-state index contributed by atoms with van der Waals surface area (Å²) < 4.78 is 49.0. The zero-order valence-electron chi connectivity index (χ0n) is 22.9. The van der Waals surface area contributed by atoms with Crippen molar-refractivity contribution in [3.05, 3.63) is 77.1 Å². The third-order valence-corrected chi connectivity index (χ3v) is 7.64. The summed E-state index contributed by atoms with van der Waals surface area (Å²) in [7, 11) is 1.97. The average Bonchev–Trinajstić information content (AvgIpc) is 3.54. The zero-order valence-corrected chi connectivity index (χ0v) is 23.9. The minimum atomic E-state index is -4.74. The summed E-state index contributed by atoms with van der Waals surface area (Å²) in [5.74, 6) is -0.866. The molecular formula is C28H29F3N7O3P. The van der Waals surface area contributed by atoms with Crippen LogP contribution in [-0.4, -0.2) is 55.9 Å². The summed E-state index contributed by atoms with van der Waals surface area (Å²) >= 11 is 0. The maximum absolute atomic E-state index is 14.0. The van der Waals surface area contributed by atoms with Gasteiger partial charge in [-0.15, -0.1) is 0 Å². The van der Waals surface area contributed by atoms with Gasteiger partial charge in [0.25, 0.3) is 5.91 Å². The number of halogens is 3. The van der Waals surface area contributed by atoms with Gasteiger partial charge in [0.05, 0.1) is 30.1 Å². The number of carbonyl (C=O) groups is 1. The number of benzene rings is 2. The fourth-order valence-corrected chi connectivity index (χ4v) is 5.28. The molecule has 10 nitrogen and oxygen atoms in total. The molecule has 4 aromatic rings. The van der Waals surface area contributed by atoms with Gasteiger partial charge in [0, 0.05) is 58.8 Å². The number of anilines is 4. The molecular weight excluding hydrogens is 570 g/mol. The quantitative estimate of drug-likeness (QED) is 0.152. The molecule has 1 amide bonds. The van der Waals surface area contributed by atoms with Crippen molar-refractivity contribution in [2.45, 2.75) is 32.4 Å². The molecule has 2 aromatic carbocycles. The molecule has 2 aromatic heterocycles. The number of aliphatic hydroxyl groups is 1. The molecule has 1 unspecified atom stereocenters. The minimum Gasteiger partial charge on any atom is -0.394 e. The first-order chi connectivity index (χ1) is 20.2. The Kier molecular flexibility index (Phi) is 8.72. The SMILES string of the molecule is CCOPCc1ccc(Nc2ncc(C(F)(F)F)c(Nc3ccc(-c4ccn(CCO)n4)c4c3C(=O)N(C)C4)n2)cc1. The highest BCUT2D eigenvalue weighted by atomic mass is 31.1. The minimum absolute atomic E-state index is 0.0411. The molecule has 220 valence electrons. The van der Waals surface area contributed by atoms with Gasteiger partial charge in [-0.05, 0) is 42.3 Å². The predicted octanol–water partition coefficient (Wildman–Crippen LogP) is 5.55. The summed E-state index contributed by atoms with van der Waals surface area (Å²) in [6, 6.07) is 12.4. The van der Waals surface area contributed by atoms with E-state index in [0.717, 1.165) is 11.7 Å². The number of alkyl halides is 3. The lowest BCUT2D eigenvalue weighted by Crippen LogP contribution is -2.18. The van der Waals surface area contributed by atoms with Crippen molar-refractivity contribution in [3.8, 4) is 11.3 Å². The van der Waals surface area contributed by atoms with Crippen LogP contribution >= 0.6 is 8.81 Å². The molecule has 0 spiro atoms. The van der Waals surface area contributed by atoms with Crippen LogP contribution in [-0.2, 0) is 30.0 Å². The van der Waals surface area contributed by atoms with E-state index in [2.05, 4.69) is 25.7 Å². The molecule has 0 fully saturated rings. The van der Waals surface area contributed by atoms with E-state index in [4.69, 9.17) is 4.52 Å². The number of hydrogen-bond acceptors (Lipinski definition) is 8. The fourth-order valence-electron chi connectivity index (χ4n) is 4.58. The van der Waals surface area contributed by atoms with Crippen molar-refractivity contribution in [1.29, 1.82) is 0 Å². The normalized spacial score (nSPS) is 13.3. The van der Waals surface area contributed by atoms with Crippen LogP contribution in [0.1, 0.15) is 34.0 Å². The van der Waals surface area contributed by atoms with Crippen LogP contribution in [0.15, 0.2) is 54.9 Å². The Bertz CT molecular complexity index is 1580. The second-order valence-corrected chi connectivity index (χ2v) is 10.4.